The minimum Gasteiger partial charge on any atom is -0.391 e. The summed E-state index contributed by atoms with van der Waals surface area (Å²) in [6.07, 6.45) is 8.90. The number of fused-ring (bicyclic) bond motifs is 1. The van der Waals surface area contributed by atoms with E-state index < -0.39 is 0 Å². The minimum absolute atomic E-state index is 0.0468. The van der Waals surface area contributed by atoms with Crippen LogP contribution in [0.15, 0.2) is 30.6 Å². The molecular formula is C28H36N8O2. The van der Waals surface area contributed by atoms with Crippen molar-refractivity contribution in [1.82, 2.24) is 29.3 Å². The first-order chi connectivity index (χ1) is 18.5. The molecule has 1 amide bonds. The monoisotopic (exact) mass is 516 g/mol. The lowest BCUT2D eigenvalue weighted by Gasteiger charge is -2.59. The van der Waals surface area contributed by atoms with E-state index in [1.54, 1.807) is 0 Å². The Kier molecular flexibility index (Phi) is 5.77. The second kappa shape index (κ2) is 9.20. The van der Waals surface area contributed by atoms with E-state index >= 15 is 0 Å². The third kappa shape index (κ3) is 4.19. The van der Waals surface area contributed by atoms with Gasteiger partial charge in [-0.05, 0) is 63.4 Å². The number of imidazole rings is 1. The molecule has 2 aliphatic heterocycles. The van der Waals surface area contributed by atoms with Gasteiger partial charge in [-0.15, -0.1) is 0 Å². The second-order valence-electron chi connectivity index (χ2n) is 11.9. The highest BCUT2D eigenvalue weighted by molar-refractivity contribution is 5.95. The third-order valence-electron chi connectivity index (χ3n) is 8.88. The number of hydrogen-bond acceptors (Lipinski definition) is 8. The maximum absolute atomic E-state index is 13.0. The van der Waals surface area contributed by atoms with E-state index in [-0.39, 0.29) is 18.1 Å². The summed E-state index contributed by atoms with van der Waals surface area (Å²) in [6, 6.07) is 7.97. The van der Waals surface area contributed by atoms with Crippen molar-refractivity contribution in [2.75, 3.05) is 43.9 Å². The lowest BCUT2D eigenvalue weighted by atomic mass is 9.73. The summed E-state index contributed by atoms with van der Waals surface area (Å²) in [6.45, 7) is 3.87. The van der Waals surface area contributed by atoms with Gasteiger partial charge >= 0.3 is 0 Å². The molecule has 2 unspecified atom stereocenters. The molecule has 2 atom stereocenters. The Balaban J connectivity index is 1.12. The number of carbonyl (C=O) groups is 1. The summed E-state index contributed by atoms with van der Waals surface area (Å²) in [7, 11) is 2.13. The van der Waals surface area contributed by atoms with Crippen molar-refractivity contribution < 1.29 is 9.90 Å². The smallest absolute Gasteiger partial charge is 0.253 e. The topological polar surface area (TPSA) is 111 Å². The summed E-state index contributed by atoms with van der Waals surface area (Å²) < 4.78 is 2.19. The van der Waals surface area contributed by atoms with E-state index in [1.165, 1.54) is 12.8 Å². The van der Waals surface area contributed by atoms with Crippen LogP contribution in [0, 0.1) is 5.41 Å². The molecule has 1 spiro atoms. The van der Waals surface area contributed by atoms with E-state index in [4.69, 9.17) is 15.0 Å². The number of benzene rings is 1. The number of anilines is 3. The molecule has 1 aromatic carbocycles. The fourth-order valence-corrected chi connectivity index (χ4v) is 7.01. The van der Waals surface area contributed by atoms with Crippen LogP contribution in [-0.4, -0.2) is 85.7 Å². The Labute approximate surface area is 222 Å². The van der Waals surface area contributed by atoms with Gasteiger partial charge < -0.3 is 30.1 Å². The Morgan fingerprint density at radius 2 is 1.76 bits per heavy atom. The molecule has 3 N–H and O–H groups in total. The van der Waals surface area contributed by atoms with Crippen molar-refractivity contribution in [2.45, 2.75) is 63.1 Å². The molecule has 10 nitrogen and oxygen atoms in total. The van der Waals surface area contributed by atoms with E-state index in [0.717, 1.165) is 75.1 Å². The van der Waals surface area contributed by atoms with Gasteiger partial charge in [0.15, 0.2) is 17.0 Å². The SMILES string of the molecule is CN1CC2(C1)CN(C(=O)c1ccc(Nc3nc(NC4CCCC4O)nc4c3ncn4C3CCCC3)cc1)C2. The first kappa shape index (κ1) is 23.8. The number of amides is 1. The van der Waals surface area contributed by atoms with Crippen molar-refractivity contribution in [1.29, 1.82) is 0 Å². The van der Waals surface area contributed by atoms with Gasteiger partial charge in [0.1, 0.15) is 0 Å². The van der Waals surface area contributed by atoms with Crippen LogP contribution in [-0.2, 0) is 0 Å². The van der Waals surface area contributed by atoms with Gasteiger partial charge in [0.2, 0.25) is 5.95 Å². The molecule has 7 rings (SSSR count). The maximum Gasteiger partial charge on any atom is 0.253 e. The molecule has 3 aromatic rings. The number of carbonyl (C=O) groups excluding carboxylic acids is 1. The van der Waals surface area contributed by atoms with Gasteiger partial charge in [0.25, 0.3) is 5.91 Å². The molecule has 4 aliphatic rings. The zero-order chi connectivity index (χ0) is 25.9. The minimum atomic E-state index is -0.387. The van der Waals surface area contributed by atoms with Crippen molar-refractivity contribution in [2.24, 2.45) is 5.41 Å². The second-order valence-corrected chi connectivity index (χ2v) is 11.9. The average molecular weight is 517 g/mol. The normalized spacial score (nSPS) is 25.1. The quantitative estimate of drug-likeness (QED) is 0.457. The number of likely N-dealkylation sites (tertiary alicyclic amines) is 2. The van der Waals surface area contributed by atoms with Crippen LogP contribution in [0.1, 0.15) is 61.3 Å². The van der Waals surface area contributed by atoms with Crippen LogP contribution in [0.3, 0.4) is 0 Å². The van der Waals surface area contributed by atoms with Crippen LogP contribution in [0.5, 0.6) is 0 Å². The molecule has 10 heteroatoms. The fraction of sp³-hybridized carbons (Fsp3) is 0.571. The Morgan fingerprint density at radius 1 is 1.00 bits per heavy atom. The fourth-order valence-electron chi connectivity index (χ4n) is 7.01. The number of nitrogens with one attached hydrogen (secondary N) is 2. The molecule has 0 radical (unpaired) electrons. The lowest BCUT2D eigenvalue weighted by Crippen LogP contribution is -2.71. The van der Waals surface area contributed by atoms with Crippen molar-refractivity contribution >= 4 is 34.5 Å². The average Bonchev–Trinajstić information content (AvgIpc) is 3.62. The maximum atomic E-state index is 13.0. The zero-order valence-electron chi connectivity index (χ0n) is 21.9. The summed E-state index contributed by atoms with van der Waals surface area (Å²) in [4.78, 5) is 31.6. The number of hydrogen-bond donors (Lipinski definition) is 3. The lowest BCUT2D eigenvalue weighted by molar-refractivity contribution is -0.0872. The molecule has 2 saturated heterocycles. The first-order valence-electron chi connectivity index (χ1n) is 14.0. The molecule has 4 fully saturated rings. The predicted octanol–water partition coefficient (Wildman–Crippen LogP) is 3.40. The predicted molar refractivity (Wildman–Crippen MR) is 146 cm³/mol. The molecular weight excluding hydrogens is 480 g/mol. The van der Waals surface area contributed by atoms with Crippen LogP contribution >= 0.6 is 0 Å². The highest BCUT2D eigenvalue weighted by Gasteiger charge is 2.51. The Bertz CT molecular complexity index is 1330. The Hall–Kier alpha value is -3.24. The van der Waals surface area contributed by atoms with E-state index in [2.05, 4.69) is 27.1 Å². The van der Waals surface area contributed by atoms with Crippen molar-refractivity contribution in [3.05, 3.63) is 36.2 Å². The van der Waals surface area contributed by atoms with Crippen LogP contribution in [0.4, 0.5) is 17.5 Å². The third-order valence-corrected chi connectivity index (χ3v) is 8.88. The van der Waals surface area contributed by atoms with Crippen LogP contribution in [0.2, 0.25) is 0 Å². The van der Waals surface area contributed by atoms with Gasteiger partial charge in [-0.2, -0.15) is 9.97 Å². The molecule has 2 aromatic heterocycles. The number of aromatic nitrogens is 4. The molecule has 200 valence electrons. The highest BCUT2D eigenvalue weighted by atomic mass is 16.3. The number of nitrogens with zero attached hydrogens (tertiary/aromatic N) is 6. The summed E-state index contributed by atoms with van der Waals surface area (Å²) in [5, 5.41) is 17.2. The van der Waals surface area contributed by atoms with E-state index in [9.17, 15) is 9.90 Å². The van der Waals surface area contributed by atoms with Gasteiger partial charge in [-0.3, -0.25) is 4.79 Å². The van der Waals surface area contributed by atoms with Gasteiger partial charge in [0.05, 0.1) is 18.5 Å². The highest BCUT2D eigenvalue weighted by Crippen LogP contribution is 2.39. The largest absolute Gasteiger partial charge is 0.391 e. The molecule has 4 heterocycles. The van der Waals surface area contributed by atoms with Gasteiger partial charge in [0, 0.05) is 48.9 Å². The summed E-state index contributed by atoms with van der Waals surface area (Å²) in [5.41, 5.74) is 3.40. The molecule has 2 saturated carbocycles. The number of aliphatic hydroxyl groups is 1. The van der Waals surface area contributed by atoms with Crippen LogP contribution in [0.25, 0.3) is 11.2 Å². The summed E-state index contributed by atoms with van der Waals surface area (Å²) >= 11 is 0. The molecule has 38 heavy (non-hydrogen) atoms. The zero-order valence-corrected chi connectivity index (χ0v) is 21.9. The molecule has 2 aliphatic carbocycles. The number of aliphatic hydroxyl groups excluding tert-OH is 1. The molecule has 0 bridgehead atoms. The van der Waals surface area contributed by atoms with Gasteiger partial charge in [-0.25, -0.2) is 4.98 Å². The van der Waals surface area contributed by atoms with E-state index in [1.807, 2.05) is 35.5 Å². The van der Waals surface area contributed by atoms with E-state index in [0.29, 0.717) is 28.8 Å². The van der Waals surface area contributed by atoms with Crippen molar-refractivity contribution in [3.63, 3.8) is 0 Å². The first-order valence-corrected chi connectivity index (χ1v) is 14.0. The van der Waals surface area contributed by atoms with Gasteiger partial charge in [-0.1, -0.05) is 12.8 Å². The Morgan fingerprint density at radius 3 is 2.45 bits per heavy atom. The van der Waals surface area contributed by atoms with Crippen LogP contribution < -0.4 is 10.6 Å². The van der Waals surface area contributed by atoms with Crippen molar-refractivity contribution in [3.8, 4) is 0 Å². The number of rotatable bonds is 6. The standard InChI is InChI=1S/C28H36N8O2/c1-34-13-28(14-34)15-35(16-28)26(38)18-9-11-19(12-10-18)30-24-23-25(36(17-29-23)20-5-2-3-6-20)33-27(32-24)31-21-7-4-8-22(21)37/h9-12,17,20-22,37H,2-8,13-16H2,1H3,(H2,30,31,32,33). The summed E-state index contributed by atoms with van der Waals surface area (Å²) in [5.74, 6) is 1.23.